The highest BCUT2D eigenvalue weighted by Crippen LogP contribution is 2.43. The zero-order chi connectivity index (χ0) is 31.1. The van der Waals surface area contributed by atoms with Crippen molar-refractivity contribution in [2.75, 3.05) is 0 Å². The Kier molecular flexibility index (Phi) is 5.32. The number of hydrogen-bond acceptors (Lipinski definition) is 2. The lowest BCUT2D eigenvalue weighted by molar-refractivity contribution is 0.673. The van der Waals surface area contributed by atoms with Crippen LogP contribution in [0.15, 0.2) is 156 Å². The van der Waals surface area contributed by atoms with Gasteiger partial charge in [0.2, 0.25) is 0 Å². The maximum absolute atomic E-state index is 10.5. The molecule has 4 nitrogen and oxygen atoms in total. The van der Waals surface area contributed by atoms with Crippen LogP contribution in [-0.4, -0.2) is 9.13 Å². The minimum Gasteiger partial charge on any atom is -0.455 e. The van der Waals surface area contributed by atoms with Crippen LogP contribution < -0.4 is 0 Å². The van der Waals surface area contributed by atoms with Gasteiger partial charge < -0.3 is 13.6 Å². The standard InChI is InChI=1S/C43H25N3O/c44-26-28-11-10-19-38(46-35-17-7-4-14-30(35)31-15-5-8-18-36(31)46)41(28)27-21-23-37-34(25-27)42-39(45(37)29-12-2-1-3-13-29)24-22-33-32-16-6-9-20-40(32)47-43(33)42/h1-25H. The lowest BCUT2D eigenvalue weighted by Crippen LogP contribution is -1.99. The third-order valence-corrected chi connectivity index (χ3v) is 9.56. The topological polar surface area (TPSA) is 46.8 Å². The quantitative estimate of drug-likeness (QED) is 0.203. The number of fused-ring (bicyclic) bond motifs is 10. The van der Waals surface area contributed by atoms with Crippen molar-refractivity contribution in [1.82, 2.24) is 9.13 Å². The van der Waals surface area contributed by atoms with E-state index in [4.69, 9.17) is 4.42 Å². The Hall–Kier alpha value is -6.57. The maximum atomic E-state index is 10.5. The smallest absolute Gasteiger partial charge is 0.145 e. The number of nitriles is 1. The first kappa shape index (κ1) is 25.7. The van der Waals surface area contributed by atoms with Gasteiger partial charge in [0, 0.05) is 38.2 Å². The van der Waals surface area contributed by atoms with E-state index in [9.17, 15) is 5.26 Å². The monoisotopic (exact) mass is 599 g/mol. The Labute approximate surface area is 269 Å². The molecular formula is C43H25N3O. The van der Waals surface area contributed by atoms with E-state index in [0.29, 0.717) is 5.56 Å². The molecule has 218 valence electrons. The van der Waals surface area contributed by atoms with Crippen LogP contribution in [0.5, 0.6) is 0 Å². The van der Waals surface area contributed by atoms with Crippen molar-refractivity contribution < 1.29 is 4.42 Å². The molecule has 0 N–H and O–H groups in total. The minimum atomic E-state index is 0.629. The van der Waals surface area contributed by atoms with Crippen LogP contribution in [0.3, 0.4) is 0 Å². The Bertz CT molecular complexity index is 2860. The van der Waals surface area contributed by atoms with Gasteiger partial charge in [-0.2, -0.15) is 5.26 Å². The van der Waals surface area contributed by atoms with E-state index >= 15 is 0 Å². The number of hydrogen-bond donors (Lipinski definition) is 0. The number of benzene rings is 7. The molecule has 0 radical (unpaired) electrons. The first-order chi connectivity index (χ1) is 23.3. The van der Waals surface area contributed by atoms with E-state index in [1.165, 1.54) is 10.8 Å². The van der Waals surface area contributed by atoms with Crippen molar-refractivity contribution in [2.45, 2.75) is 0 Å². The van der Waals surface area contributed by atoms with Gasteiger partial charge in [-0.3, -0.25) is 0 Å². The molecule has 7 aromatic carbocycles. The van der Waals surface area contributed by atoms with Gasteiger partial charge in [0.05, 0.1) is 44.8 Å². The summed E-state index contributed by atoms with van der Waals surface area (Å²) in [6.07, 6.45) is 0. The number of nitrogens with zero attached hydrogens (tertiary/aromatic N) is 3. The molecule has 0 aliphatic heterocycles. The van der Waals surface area contributed by atoms with Crippen LogP contribution in [0.25, 0.3) is 88.1 Å². The van der Waals surface area contributed by atoms with Crippen molar-refractivity contribution in [3.05, 3.63) is 157 Å². The predicted molar refractivity (Wildman–Crippen MR) is 193 cm³/mol. The Morgan fingerprint density at radius 3 is 1.91 bits per heavy atom. The Morgan fingerprint density at radius 1 is 0.489 bits per heavy atom. The van der Waals surface area contributed by atoms with Crippen LogP contribution in [0.2, 0.25) is 0 Å². The fourth-order valence-electron chi connectivity index (χ4n) is 7.60. The van der Waals surface area contributed by atoms with Gasteiger partial charge in [-0.1, -0.05) is 84.9 Å². The number of furan rings is 1. The second kappa shape index (κ2) is 9.71. The van der Waals surface area contributed by atoms with Gasteiger partial charge in [0.15, 0.2) is 0 Å². The summed E-state index contributed by atoms with van der Waals surface area (Å²) in [6, 6.07) is 55.2. The second-order valence-corrected chi connectivity index (χ2v) is 12.0. The molecule has 4 heteroatoms. The zero-order valence-corrected chi connectivity index (χ0v) is 25.2. The van der Waals surface area contributed by atoms with Crippen molar-refractivity contribution in [2.24, 2.45) is 0 Å². The fraction of sp³-hybridized carbons (Fsp3) is 0. The summed E-state index contributed by atoms with van der Waals surface area (Å²) in [7, 11) is 0. The van der Waals surface area contributed by atoms with Crippen LogP contribution in [-0.2, 0) is 0 Å². The minimum absolute atomic E-state index is 0.629. The SMILES string of the molecule is N#Cc1cccc(-n2c3ccccc3c3ccccc32)c1-c1ccc2c(c1)c1c3oc4ccccc4c3ccc1n2-c1ccccc1. The molecule has 0 spiro atoms. The molecule has 0 fully saturated rings. The summed E-state index contributed by atoms with van der Waals surface area (Å²) in [5, 5.41) is 17.2. The molecule has 0 aliphatic carbocycles. The molecule has 0 unspecified atom stereocenters. The summed E-state index contributed by atoms with van der Waals surface area (Å²) in [5.41, 5.74) is 10.7. The summed E-state index contributed by atoms with van der Waals surface area (Å²) >= 11 is 0. The van der Waals surface area contributed by atoms with E-state index < -0.39 is 0 Å². The van der Waals surface area contributed by atoms with Crippen molar-refractivity contribution >= 4 is 65.6 Å². The Balaban J connectivity index is 1.34. The largest absolute Gasteiger partial charge is 0.455 e. The van der Waals surface area contributed by atoms with E-state index in [-0.39, 0.29) is 0 Å². The van der Waals surface area contributed by atoms with E-state index in [1.54, 1.807) is 0 Å². The molecule has 0 saturated carbocycles. The molecule has 10 aromatic rings. The van der Waals surface area contributed by atoms with E-state index in [2.05, 4.69) is 137 Å². The van der Waals surface area contributed by atoms with Crippen molar-refractivity contribution in [1.29, 1.82) is 5.26 Å². The summed E-state index contributed by atoms with van der Waals surface area (Å²) in [5.74, 6) is 0. The highest BCUT2D eigenvalue weighted by atomic mass is 16.3. The van der Waals surface area contributed by atoms with Gasteiger partial charge in [-0.25, -0.2) is 0 Å². The summed E-state index contributed by atoms with van der Waals surface area (Å²) < 4.78 is 11.2. The highest BCUT2D eigenvalue weighted by molar-refractivity contribution is 6.24. The third-order valence-electron chi connectivity index (χ3n) is 9.56. The number of rotatable bonds is 3. The lowest BCUT2D eigenvalue weighted by Gasteiger charge is -2.16. The molecule has 0 amide bonds. The average molecular weight is 600 g/mol. The van der Waals surface area contributed by atoms with Gasteiger partial charge in [-0.05, 0) is 72.3 Å². The Morgan fingerprint density at radius 2 is 1.15 bits per heavy atom. The number of aromatic nitrogens is 2. The maximum Gasteiger partial charge on any atom is 0.145 e. The van der Waals surface area contributed by atoms with E-state index in [0.717, 1.165) is 77.3 Å². The summed E-state index contributed by atoms with van der Waals surface area (Å²) in [4.78, 5) is 0. The molecule has 0 aliphatic rings. The first-order valence-electron chi connectivity index (χ1n) is 15.8. The third kappa shape index (κ3) is 3.57. The normalized spacial score (nSPS) is 11.8. The number of para-hydroxylation sites is 4. The van der Waals surface area contributed by atoms with Gasteiger partial charge in [0.25, 0.3) is 0 Å². The molecule has 3 aromatic heterocycles. The first-order valence-corrected chi connectivity index (χ1v) is 15.8. The molecule has 47 heavy (non-hydrogen) atoms. The highest BCUT2D eigenvalue weighted by Gasteiger charge is 2.22. The fourth-order valence-corrected chi connectivity index (χ4v) is 7.60. The second-order valence-electron chi connectivity index (χ2n) is 12.0. The van der Waals surface area contributed by atoms with Crippen LogP contribution in [0.1, 0.15) is 5.56 Å². The van der Waals surface area contributed by atoms with Gasteiger partial charge in [-0.15, -0.1) is 0 Å². The molecule has 10 rings (SSSR count). The average Bonchev–Trinajstić information content (AvgIpc) is 3.79. The molecule has 0 atom stereocenters. The van der Waals surface area contributed by atoms with Gasteiger partial charge >= 0.3 is 0 Å². The molecule has 0 bridgehead atoms. The molecule has 0 saturated heterocycles. The molecular weight excluding hydrogens is 574 g/mol. The molecule has 3 heterocycles. The van der Waals surface area contributed by atoms with Gasteiger partial charge in [0.1, 0.15) is 11.2 Å². The predicted octanol–water partition coefficient (Wildman–Crippen LogP) is 11.3. The van der Waals surface area contributed by atoms with Crippen LogP contribution in [0.4, 0.5) is 0 Å². The lowest BCUT2D eigenvalue weighted by atomic mass is 9.96. The summed E-state index contributed by atoms with van der Waals surface area (Å²) in [6.45, 7) is 0. The van der Waals surface area contributed by atoms with Crippen molar-refractivity contribution in [3.63, 3.8) is 0 Å². The van der Waals surface area contributed by atoms with Crippen molar-refractivity contribution in [3.8, 4) is 28.6 Å². The van der Waals surface area contributed by atoms with Crippen LogP contribution >= 0.6 is 0 Å². The zero-order valence-electron chi connectivity index (χ0n) is 25.2. The van der Waals surface area contributed by atoms with E-state index in [1.807, 2.05) is 30.3 Å². The van der Waals surface area contributed by atoms with Crippen LogP contribution in [0, 0.1) is 11.3 Å².